The minimum absolute atomic E-state index is 0.186. The van der Waals surface area contributed by atoms with Crippen molar-refractivity contribution in [1.29, 1.82) is 0 Å². The van der Waals surface area contributed by atoms with Crippen molar-refractivity contribution >= 4 is 49.8 Å². The van der Waals surface area contributed by atoms with Crippen LogP contribution in [0.2, 0.25) is 0 Å². The van der Waals surface area contributed by atoms with Gasteiger partial charge in [-0.1, -0.05) is 115 Å². The lowest BCUT2D eigenvalue weighted by Gasteiger charge is -2.27. The second-order valence-corrected chi connectivity index (χ2v) is 10.2. The van der Waals surface area contributed by atoms with Crippen LogP contribution in [0.4, 0.5) is 17.1 Å². The summed E-state index contributed by atoms with van der Waals surface area (Å²) < 4.78 is 47.2. The molecule has 0 aliphatic carbocycles. The summed E-state index contributed by atoms with van der Waals surface area (Å²) in [6.45, 7) is 0. The third kappa shape index (κ3) is 4.13. The SMILES string of the molecule is [2H]c1c([2H])c([2H])c(-c2ccc(N(c3ccccc3)c3cccc4c(-c5ccc6oc7ccccc7c6c5)cccc34)cc2)c([2H])c1[2H]. The molecule has 8 aromatic rings. The lowest BCUT2D eigenvalue weighted by molar-refractivity contribution is 0.669. The zero-order valence-corrected chi connectivity index (χ0v) is 22.6. The molecule has 8 rings (SSSR count). The van der Waals surface area contributed by atoms with E-state index < -0.39 is 6.04 Å². The number of anilines is 3. The van der Waals surface area contributed by atoms with Crippen LogP contribution in [0.5, 0.6) is 0 Å². The van der Waals surface area contributed by atoms with Crippen LogP contribution in [0.25, 0.3) is 55.0 Å². The van der Waals surface area contributed by atoms with Gasteiger partial charge in [0, 0.05) is 27.5 Å². The molecule has 0 atom stereocenters. The molecule has 0 saturated heterocycles. The van der Waals surface area contributed by atoms with Crippen LogP contribution in [-0.2, 0) is 0 Å². The summed E-state index contributed by atoms with van der Waals surface area (Å²) in [5.74, 6) is 0. The molecule has 0 fully saturated rings. The Balaban J connectivity index is 1.28. The van der Waals surface area contributed by atoms with Crippen molar-refractivity contribution in [2.45, 2.75) is 0 Å². The molecule has 2 nitrogen and oxygen atoms in total. The van der Waals surface area contributed by atoms with Gasteiger partial charge in [-0.25, -0.2) is 0 Å². The van der Waals surface area contributed by atoms with Gasteiger partial charge < -0.3 is 9.32 Å². The van der Waals surface area contributed by atoms with Crippen molar-refractivity contribution in [3.8, 4) is 22.3 Å². The first-order chi connectivity index (χ1) is 22.9. The molecule has 1 aromatic heterocycles. The lowest BCUT2D eigenvalue weighted by Crippen LogP contribution is -2.10. The van der Waals surface area contributed by atoms with E-state index in [4.69, 9.17) is 11.3 Å². The smallest absolute Gasteiger partial charge is 0.135 e. The molecule has 2 heteroatoms. The monoisotopic (exact) mass is 542 g/mol. The summed E-state index contributed by atoms with van der Waals surface area (Å²) in [6, 6.07) is 43.3. The Kier molecular flexibility index (Phi) is 4.68. The van der Waals surface area contributed by atoms with E-state index >= 15 is 0 Å². The Morgan fingerprint density at radius 2 is 1.12 bits per heavy atom. The molecule has 0 radical (unpaired) electrons. The van der Waals surface area contributed by atoms with E-state index in [1.807, 2.05) is 66.7 Å². The summed E-state index contributed by atoms with van der Waals surface area (Å²) in [6.07, 6.45) is 0. The maximum absolute atomic E-state index is 8.45. The van der Waals surface area contributed by atoms with Crippen LogP contribution >= 0.6 is 0 Å². The zero-order chi connectivity index (χ0) is 32.2. The highest BCUT2D eigenvalue weighted by Crippen LogP contribution is 2.42. The first-order valence-electron chi connectivity index (χ1n) is 16.4. The summed E-state index contributed by atoms with van der Waals surface area (Å²) in [5.41, 5.74) is 7.51. The zero-order valence-electron chi connectivity index (χ0n) is 27.6. The van der Waals surface area contributed by atoms with Gasteiger partial charge in [0.1, 0.15) is 11.2 Å². The number of nitrogens with zero attached hydrogens (tertiary/aromatic N) is 1. The van der Waals surface area contributed by atoms with Gasteiger partial charge in [0.2, 0.25) is 0 Å². The maximum Gasteiger partial charge on any atom is 0.135 e. The van der Waals surface area contributed by atoms with Crippen LogP contribution < -0.4 is 4.90 Å². The van der Waals surface area contributed by atoms with E-state index in [1.54, 1.807) is 0 Å². The Hall–Kier alpha value is -5.60. The second-order valence-electron chi connectivity index (χ2n) is 10.2. The van der Waals surface area contributed by atoms with Gasteiger partial charge in [0.05, 0.1) is 12.5 Å². The number of hydrogen-bond acceptors (Lipinski definition) is 2. The molecule has 0 amide bonds. The average Bonchev–Trinajstić information content (AvgIpc) is 3.49. The minimum Gasteiger partial charge on any atom is -0.456 e. The third-order valence-electron chi connectivity index (χ3n) is 7.76. The van der Waals surface area contributed by atoms with Gasteiger partial charge in [-0.3, -0.25) is 0 Å². The van der Waals surface area contributed by atoms with Crippen molar-refractivity contribution in [2.24, 2.45) is 0 Å². The first kappa shape index (κ1) is 19.5. The number of rotatable bonds is 5. The normalized spacial score (nSPS) is 13.0. The van der Waals surface area contributed by atoms with E-state index in [0.717, 1.165) is 60.9 Å². The predicted octanol–water partition coefficient (Wildman–Crippen LogP) is 11.5. The molecule has 1 heterocycles. The second kappa shape index (κ2) is 10.1. The average molecular weight is 543 g/mol. The molecule has 0 saturated carbocycles. The summed E-state index contributed by atoms with van der Waals surface area (Å²) in [4.78, 5) is 2.19. The molecule has 42 heavy (non-hydrogen) atoms. The highest BCUT2D eigenvalue weighted by atomic mass is 16.3. The third-order valence-corrected chi connectivity index (χ3v) is 7.76. The molecule has 0 unspecified atom stereocenters. The molecule has 0 aliphatic rings. The molecular formula is C40H27NO. The van der Waals surface area contributed by atoms with Crippen LogP contribution in [0, 0.1) is 0 Å². The number of furan rings is 1. The summed E-state index contributed by atoms with van der Waals surface area (Å²) in [7, 11) is 0. The predicted molar refractivity (Wildman–Crippen MR) is 177 cm³/mol. The number of benzene rings is 7. The van der Waals surface area contributed by atoms with E-state index in [-0.39, 0.29) is 29.7 Å². The van der Waals surface area contributed by atoms with E-state index in [1.165, 1.54) is 0 Å². The molecule has 198 valence electrons. The summed E-state index contributed by atoms with van der Waals surface area (Å²) >= 11 is 0. The van der Waals surface area contributed by atoms with Gasteiger partial charge in [-0.05, 0) is 76.2 Å². The number of fused-ring (bicyclic) bond motifs is 4. The van der Waals surface area contributed by atoms with Gasteiger partial charge >= 0.3 is 0 Å². The van der Waals surface area contributed by atoms with Gasteiger partial charge in [0.25, 0.3) is 0 Å². The molecule has 0 aliphatic heterocycles. The highest BCUT2D eigenvalue weighted by molar-refractivity contribution is 6.09. The highest BCUT2D eigenvalue weighted by Gasteiger charge is 2.17. The topological polar surface area (TPSA) is 16.4 Å². The van der Waals surface area contributed by atoms with Gasteiger partial charge in [0.15, 0.2) is 0 Å². The molecule has 7 aromatic carbocycles. The quantitative estimate of drug-likeness (QED) is 0.215. The van der Waals surface area contributed by atoms with Crippen molar-refractivity contribution < 1.29 is 11.3 Å². The Morgan fingerprint density at radius 3 is 1.98 bits per heavy atom. The Bertz CT molecular complexity index is 2440. The fourth-order valence-electron chi connectivity index (χ4n) is 5.81. The first-order valence-corrected chi connectivity index (χ1v) is 13.9. The van der Waals surface area contributed by atoms with Crippen LogP contribution in [-0.4, -0.2) is 0 Å². The van der Waals surface area contributed by atoms with Crippen LogP contribution in [0.3, 0.4) is 0 Å². The fourth-order valence-corrected chi connectivity index (χ4v) is 5.81. The molecule has 0 N–H and O–H groups in total. The number of para-hydroxylation sites is 2. The van der Waals surface area contributed by atoms with Crippen molar-refractivity contribution in [1.82, 2.24) is 0 Å². The van der Waals surface area contributed by atoms with Crippen LogP contribution in [0.15, 0.2) is 168 Å². The summed E-state index contributed by atoms with van der Waals surface area (Å²) in [5, 5.41) is 4.35. The van der Waals surface area contributed by atoms with Crippen molar-refractivity contribution in [3.05, 3.63) is 164 Å². The lowest BCUT2D eigenvalue weighted by atomic mass is 9.95. The van der Waals surface area contributed by atoms with Gasteiger partial charge in [-0.2, -0.15) is 0 Å². The van der Waals surface area contributed by atoms with Crippen molar-refractivity contribution in [2.75, 3.05) is 4.90 Å². The van der Waals surface area contributed by atoms with E-state index in [9.17, 15) is 0 Å². The molecule has 0 spiro atoms. The standard InChI is InChI=1S/C40H27NO/c1-3-11-28(12-4-1)29-21-24-32(25-22-29)41(31-13-5-2-6-14-31)38-19-10-17-34-33(16-9-18-35(34)38)30-23-26-40-37(27-30)36-15-7-8-20-39(36)42-40/h1-27H/i1D,3D,4D,11D,12D. The van der Waals surface area contributed by atoms with Gasteiger partial charge in [-0.15, -0.1) is 0 Å². The minimum atomic E-state index is -0.399. The number of hydrogen-bond donors (Lipinski definition) is 0. The van der Waals surface area contributed by atoms with Crippen LogP contribution in [0.1, 0.15) is 6.85 Å². The Labute approximate surface area is 251 Å². The van der Waals surface area contributed by atoms with E-state index in [0.29, 0.717) is 5.56 Å². The van der Waals surface area contributed by atoms with E-state index in [2.05, 4.69) is 71.6 Å². The fraction of sp³-hybridized carbons (Fsp3) is 0. The Morgan fingerprint density at radius 1 is 0.452 bits per heavy atom. The maximum atomic E-state index is 8.45. The largest absolute Gasteiger partial charge is 0.456 e. The molecule has 0 bridgehead atoms. The van der Waals surface area contributed by atoms with Crippen molar-refractivity contribution in [3.63, 3.8) is 0 Å². The molecular weight excluding hydrogens is 510 g/mol.